The van der Waals surface area contributed by atoms with Crippen LogP contribution in [0.1, 0.15) is 0 Å². The number of rotatable bonds is 7. The molecule has 3 aromatic rings. The van der Waals surface area contributed by atoms with Crippen LogP contribution in [-0.4, -0.2) is 124 Å². The van der Waals surface area contributed by atoms with Gasteiger partial charge in [0, 0.05) is 17.7 Å². The zero-order chi connectivity index (χ0) is 32.9. The number of fused-ring (bicyclic) bond motifs is 1. The third-order valence-corrected chi connectivity index (χ3v) is 7.22. The standard InChI is InChI=1S/C27H26O18/c28-8-3-1-7(2-4-8)10-5-9(29)13-11(41-10)6-12(14(30)15(13)31)42-27-23(19(35)18(34)22(44-27)25(39)40)45-26-20(36)16(32)17(33)21(43-26)24(37)38/h1-6,16-23,26-28,30-36H,(H,37,38)(H,39,40)/t16-,17-,18-,19-,20-,21+,22+,23-,26-,27+/m1/s1. The van der Waals surface area contributed by atoms with Crippen molar-refractivity contribution in [2.45, 2.75) is 61.4 Å². The van der Waals surface area contributed by atoms with Crippen LogP contribution in [0.25, 0.3) is 22.3 Å². The van der Waals surface area contributed by atoms with Crippen molar-refractivity contribution in [3.8, 4) is 34.3 Å². The molecule has 0 radical (unpaired) electrons. The molecule has 2 aliphatic heterocycles. The van der Waals surface area contributed by atoms with Gasteiger partial charge in [0.2, 0.25) is 12.0 Å². The van der Waals surface area contributed by atoms with E-state index >= 15 is 0 Å². The monoisotopic (exact) mass is 638 g/mol. The lowest BCUT2D eigenvalue weighted by Crippen LogP contribution is -2.66. The largest absolute Gasteiger partial charge is 0.508 e. The molecule has 0 aliphatic carbocycles. The Kier molecular flexibility index (Phi) is 8.58. The number of carbonyl (C=O) groups is 2. The number of hydrogen-bond donors (Lipinski definition) is 10. The maximum Gasteiger partial charge on any atom is 0.335 e. The topological polar surface area (TPSA) is 304 Å². The highest BCUT2D eigenvalue weighted by molar-refractivity contribution is 5.89. The zero-order valence-corrected chi connectivity index (χ0v) is 22.5. The molecule has 0 amide bonds. The fraction of sp³-hybridized carbons (Fsp3) is 0.370. The first kappa shape index (κ1) is 31.9. The van der Waals surface area contributed by atoms with E-state index < -0.39 is 101 Å². The van der Waals surface area contributed by atoms with Crippen LogP contribution in [0.3, 0.4) is 0 Å². The summed E-state index contributed by atoms with van der Waals surface area (Å²) in [5, 5.41) is 101. The van der Waals surface area contributed by atoms with Crippen LogP contribution >= 0.6 is 0 Å². The average Bonchev–Trinajstić information content (AvgIpc) is 2.98. The average molecular weight is 638 g/mol. The SMILES string of the molecule is O=C(O)[C@H]1O[C@H](O[C@H]2[C@@H](Oc3cc4oc(-c5ccc(O)cc5)cc(=O)c4c(O)c3O)O[C@H](C(=O)O)[C@H](O)[C@H]2O)[C@H](O)[C@H](O)[C@H]1O. The second kappa shape index (κ2) is 12.1. The number of aliphatic hydroxyl groups excluding tert-OH is 5. The van der Waals surface area contributed by atoms with Gasteiger partial charge < -0.3 is 74.4 Å². The molecule has 18 nitrogen and oxygen atoms in total. The number of aliphatic hydroxyl groups is 5. The highest BCUT2D eigenvalue weighted by Crippen LogP contribution is 2.43. The molecule has 0 saturated carbocycles. The molecule has 5 rings (SSSR count). The predicted molar refractivity (Wildman–Crippen MR) is 141 cm³/mol. The lowest BCUT2D eigenvalue weighted by atomic mass is 9.97. The van der Waals surface area contributed by atoms with E-state index in [4.69, 9.17) is 23.4 Å². The van der Waals surface area contributed by atoms with E-state index in [9.17, 15) is 65.4 Å². The molecule has 0 bridgehead atoms. The summed E-state index contributed by atoms with van der Waals surface area (Å²) in [6, 6.07) is 7.36. The molecule has 1 aromatic heterocycles. The minimum atomic E-state index is -2.23. The summed E-state index contributed by atoms with van der Waals surface area (Å²) < 4.78 is 26.9. The summed E-state index contributed by atoms with van der Waals surface area (Å²) in [5.41, 5.74) is -0.854. The maximum atomic E-state index is 12.8. The molecular weight excluding hydrogens is 612 g/mol. The van der Waals surface area contributed by atoms with Crippen molar-refractivity contribution in [3.05, 3.63) is 46.6 Å². The number of hydrogen-bond acceptors (Lipinski definition) is 16. The Hall–Kier alpha value is -4.53. The Bertz CT molecular complexity index is 1650. The van der Waals surface area contributed by atoms with E-state index in [1.165, 1.54) is 24.3 Å². The fourth-order valence-corrected chi connectivity index (χ4v) is 4.85. The smallest absolute Gasteiger partial charge is 0.335 e. The van der Waals surface area contributed by atoms with Crippen molar-refractivity contribution in [2.75, 3.05) is 0 Å². The van der Waals surface area contributed by atoms with E-state index in [0.717, 1.165) is 12.1 Å². The van der Waals surface area contributed by atoms with Crippen LogP contribution in [0.2, 0.25) is 0 Å². The van der Waals surface area contributed by atoms with Gasteiger partial charge in [0.1, 0.15) is 53.0 Å². The van der Waals surface area contributed by atoms with Gasteiger partial charge in [0.25, 0.3) is 0 Å². The molecule has 242 valence electrons. The number of aliphatic carboxylic acids is 2. The number of benzene rings is 2. The van der Waals surface area contributed by atoms with Gasteiger partial charge >= 0.3 is 11.9 Å². The third-order valence-electron chi connectivity index (χ3n) is 7.22. The maximum absolute atomic E-state index is 12.8. The second-order valence-electron chi connectivity index (χ2n) is 10.2. The van der Waals surface area contributed by atoms with Crippen molar-refractivity contribution in [3.63, 3.8) is 0 Å². The molecule has 2 aliphatic rings. The molecule has 0 spiro atoms. The van der Waals surface area contributed by atoms with Crippen molar-refractivity contribution in [1.29, 1.82) is 0 Å². The fourth-order valence-electron chi connectivity index (χ4n) is 4.85. The number of aromatic hydroxyl groups is 3. The first-order chi connectivity index (χ1) is 21.2. The Morgan fingerprint density at radius 2 is 1.29 bits per heavy atom. The minimum absolute atomic E-state index is 0.0414. The Labute approximate surface area is 249 Å². The van der Waals surface area contributed by atoms with Crippen LogP contribution in [0.4, 0.5) is 0 Å². The lowest BCUT2D eigenvalue weighted by molar-refractivity contribution is -0.350. The van der Waals surface area contributed by atoms with Gasteiger partial charge in [-0.25, -0.2) is 9.59 Å². The summed E-state index contributed by atoms with van der Waals surface area (Å²) in [6.07, 6.45) is -21.5. The van der Waals surface area contributed by atoms with Gasteiger partial charge in [0.15, 0.2) is 41.5 Å². The van der Waals surface area contributed by atoms with E-state index in [-0.39, 0.29) is 17.1 Å². The van der Waals surface area contributed by atoms with Gasteiger partial charge in [-0.05, 0) is 24.3 Å². The van der Waals surface area contributed by atoms with Crippen LogP contribution in [0, 0.1) is 0 Å². The second-order valence-corrected chi connectivity index (χ2v) is 10.2. The van der Waals surface area contributed by atoms with E-state index in [0.29, 0.717) is 5.56 Å². The first-order valence-electron chi connectivity index (χ1n) is 13.0. The molecule has 2 fully saturated rings. The van der Waals surface area contributed by atoms with Crippen LogP contribution in [0.15, 0.2) is 45.6 Å². The molecule has 2 saturated heterocycles. The van der Waals surface area contributed by atoms with Crippen molar-refractivity contribution in [1.82, 2.24) is 0 Å². The lowest BCUT2D eigenvalue weighted by Gasteiger charge is -2.44. The van der Waals surface area contributed by atoms with Crippen LogP contribution in [-0.2, 0) is 23.8 Å². The van der Waals surface area contributed by atoms with Gasteiger partial charge in [-0.2, -0.15) is 0 Å². The Morgan fingerprint density at radius 1 is 0.711 bits per heavy atom. The predicted octanol–water partition coefficient (Wildman–Crippen LogP) is -2.24. The van der Waals surface area contributed by atoms with Gasteiger partial charge in [0.05, 0.1) is 0 Å². The summed E-state index contributed by atoms with van der Waals surface area (Å²) in [7, 11) is 0. The summed E-state index contributed by atoms with van der Waals surface area (Å²) in [5.74, 6) is -6.54. The summed E-state index contributed by atoms with van der Waals surface area (Å²) in [4.78, 5) is 36.1. The van der Waals surface area contributed by atoms with Gasteiger partial charge in [-0.1, -0.05) is 0 Å². The van der Waals surface area contributed by atoms with Gasteiger partial charge in [-0.3, -0.25) is 4.79 Å². The number of phenolic OH excluding ortho intramolecular Hbond substituents is 3. The van der Waals surface area contributed by atoms with Gasteiger partial charge in [-0.15, -0.1) is 0 Å². The number of carboxylic acids is 2. The molecular formula is C27H26O18. The van der Waals surface area contributed by atoms with Crippen molar-refractivity contribution < 1.29 is 84.0 Å². The molecule has 2 aromatic carbocycles. The van der Waals surface area contributed by atoms with Crippen molar-refractivity contribution >= 4 is 22.9 Å². The van der Waals surface area contributed by atoms with E-state index in [1.807, 2.05) is 0 Å². The zero-order valence-electron chi connectivity index (χ0n) is 22.5. The molecule has 10 atom stereocenters. The Balaban J connectivity index is 1.53. The van der Waals surface area contributed by atoms with Crippen LogP contribution < -0.4 is 10.2 Å². The molecule has 18 heteroatoms. The first-order valence-corrected chi connectivity index (χ1v) is 13.0. The third kappa shape index (κ3) is 5.83. The van der Waals surface area contributed by atoms with E-state index in [2.05, 4.69) is 0 Å². The normalized spacial score (nSPS) is 31.8. The van der Waals surface area contributed by atoms with Crippen LogP contribution in [0.5, 0.6) is 23.0 Å². The van der Waals surface area contributed by atoms with E-state index in [1.54, 1.807) is 0 Å². The molecule has 3 heterocycles. The molecule has 0 unspecified atom stereocenters. The Morgan fingerprint density at radius 3 is 1.89 bits per heavy atom. The number of carboxylic acid groups (broad SMARTS) is 2. The van der Waals surface area contributed by atoms with Crippen molar-refractivity contribution in [2.24, 2.45) is 0 Å². The molecule has 45 heavy (non-hydrogen) atoms. The minimum Gasteiger partial charge on any atom is -0.508 e. The molecule has 10 N–H and O–H groups in total. The number of phenols is 3. The quantitative estimate of drug-likeness (QED) is 0.122. The number of ether oxygens (including phenoxy) is 4. The summed E-state index contributed by atoms with van der Waals surface area (Å²) in [6.45, 7) is 0. The summed E-state index contributed by atoms with van der Waals surface area (Å²) >= 11 is 0. The highest BCUT2D eigenvalue weighted by Gasteiger charge is 2.54. The highest BCUT2D eigenvalue weighted by atomic mass is 16.8.